The topological polar surface area (TPSA) is 149 Å². The van der Waals surface area contributed by atoms with Gasteiger partial charge in [-0.3, -0.25) is 14.9 Å². The van der Waals surface area contributed by atoms with E-state index >= 15 is 0 Å². The van der Waals surface area contributed by atoms with E-state index in [9.17, 15) is 18.0 Å². The summed E-state index contributed by atoms with van der Waals surface area (Å²) < 4.78 is 39.2. The van der Waals surface area contributed by atoms with Crippen molar-refractivity contribution in [2.75, 3.05) is 17.4 Å². The molecule has 190 valence electrons. The Hall–Kier alpha value is -3.55. The summed E-state index contributed by atoms with van der Waals surface area (Å²) in [6, 6.07) is 10.00. The zero-order chi connectivity index (χ0) is 25.9. The van der Waals surface area contributed by atoms with Gasteiger partial charge in [-0.15, -0.1) is 10.2 Å². The smallest absolute Gasteiger partial charge is 0.244 e. The van der Waals surface area contributed by atoms with Gasteiger partial charge in [-0.1, -0.05) is 31.6 Å². The Bertz CT molecular complexity index is 1370. The van der Waals surface area contributed by atoms with Gasteiger partial charge in [-0.05, 0) is 48.4 Å². The minimum absolute atomic E-state index is 0.0290. The molecule has 36 heavy (non-hydrogen) atoms. The molecule has 0 aliphatic carbocycles. The van der Waals surface area contributed by atoms with Crippen molar-refractivity contribution in [3.63, 3.8) is 0 Å². The Morgan fingerprint density at radius 2 is 1.78 bits per heavy atom. The third-order valence-electron chi connectivity index (χ3n) is 5.54. The molecular formula is C23H25N5O6S2. The monoisotopic (exact) mass is 531 g/mol. The largest absolute Gasteiger partial charge is 0.454 e. The Kier molecular flexibility index (Phi) is 7.52. The molecule has 13 heteroatoms. The number of ether oxygens (including phenoxy) is 2. The lowest BCUT2D eigenvalue weighted by atomic mass is 9.99. The van der Waals surface area contributed by atoms with E-state index in [0.29, 0.717) is 28.6 Å². The van der Waals surface area contributed by atoms with Crippen LogP contribution in [-0.2, 0) is 19.6 Å². The van der Waals surface area contributed by atoms with Gasteiger partial charge in [0.05, 0.1) is 4.90 Å². The van der Waals surface area contributed by atoms with Gasteiger partial charge < -0.3 is 14.8 Å². The van der Waals surface area contributed by atoms with Crippen LogP contribution in [0.3, 0.4) is 0 Å². The molecule has 4 rings (SSSR count). The molecule has 2 amide bonds. The van der Waals surface area contributed by atoms with Gasteiger partial charge in [-0.25, -0.2) is 8.42 Å². The first-order valence-electron chi connectivity index (χ1n) is 11.1. The van der Waals surface area contributed by atoms with Crippen LogP contribution in [0, 0.1) is 5.92 Å². The number of sulfonamides is 1. The van der Waals surface area contributed by atoms with Gasteiger partial charge in [0.2, 0.25) is 33.8 Å². The standard InChI is InChI=1S/C23H25N5O6S2/c1-4-13(2)20(28-36(31,32)17-8-6-16(7-9-17)24-14(3)29)21(30)25-23-27-26-22(35-23)15-5-10-18-19(11-15)34-12-33-18/h5-11,13,20,28H,4,12H2,1-3H3,(H,24,29)(H,25,27,30). The number of nitrogens with one attached hydrogen (secondary N) is 3. The highest BCUT2D eigenvalue weighted by Crippen LogP contribution is 2.37. The molecule has 1 aromatic heterocycles. The van der Waals surface area contributed by atoms with E-state index in [1.165, 1.54) is 31.2 Å². The van der Waals surface area contributed by atoms with E-state index in [4.69, 9.17) is 9.47 Å². The Morgan fingerprint density at radius 3 is 2.47 bits per heavy atom. The summed E-state index contributed by atoms with van der Waals surface area (Å²) in [7, 11) is -4.02. The lowest BCUT2D eigenvalue weighted by Gasteiger charge is -2.23. The van der Waals surface area contributed by atoms with E-state index < -0.39 is 22.0 Å². The zero-order valence-electron chi connectivity index (χ0n) is 19.8. The highest BCUT2D eigenvalue weighted by molar-refractivity contribution is 7.89. The predicted octanol–water partition coefficient (Wildman–Crippen LogP) is 3.22. The zero-order valence-corrected chi connectivity index (χ0v) is 21.4. The average Bonchev–Trinajstić information content (AvgIpc) is 3.51. The maximum absolute atomic E-state index is 13.1. The Morgan fingerprint density at radius 1 is 1.06 bits per heavy atom. The summed E-state index contributed by atoms with van der Waals surface area (Å²) in [5.74, 6) is 0.126. The van der Waals surface area contributed by atoms with Crippen LogP contribution >= 0.6 is 11.3 Å². The molecule has 0 saturated carbocycles. The minimum atomic E-state index is -4.02. The molecule has 3 N–H and O–H groups in total. The van der Waals surface area contributed by atoms with E-state index in [1.54, 1.807) is 19.1 Å². The average molecular weight is 532 g/mol. The molecular weight excluding hydrogens is 506 g/mol. The number of amides is 2. The van der Waals surface area contributed by atoms with Gasteiger partial charge >= 0.3 is 0 Å². The molecule has 11 nitrogen and oxygen atoms in total. The molecule has 2 aromatic carbocycles. The summed E-state index contributed by atoms with van der Waals surface area (Å²) in [5.41, 5.74) is 1.21. The van der Waals surface area contributed by atoms with Crippen LogP contribution in [0.4, 0.5) is 10.8 Å². The highest BCUT2D eigenvalue weighted by atomic mass is 32.2. The van der Waals surface area contributed by atoms with Crippen LogP contribution in [0.1, 0.15) is 27.2 Å². The molecule has 0 bridgehead atoms. The van der Waals surface area contributed by atoms with Crippen molar-refractivity contribution in [1.82, 2.24) is 14.9 Å². The van der Waals surface area contributed by atoms with Crippen LogP contribution in [0.2, 0.25) is 0 Å². The van der Waals surface area contributed by atoms with E-state index in [0.717, 1.165) is 16.9 Å². The first-order valence-corrected chi connectivity index (χ1v) is 13.4. The molecule has 0 fully saturated rings. The summed E-state index contributed by atoms with van der Waals surface area (Å²) in [6.07, 6.45) is 0.556. The number of hydrogen-bond donors (Lipinski definition) is 3. The number of fused-ring (bicyclic) bond motifs is 1. The molecule has 1 aliphatic heterocycles. The second-order valence-corrected chi connectivity index (χ2v) is 10.9. The number of benzene rings is 2. The van der Waals surface area contributed by atoms with Crippen molar-refractivity contribution < 1.29 is 27.5 Å². The summed E-state index contributed by atoms with van der Waals surface area (Å²) in [6.45, 7) is 5.16. The second kappa shape index (κ2) is 10.6. The lowest BCUT2D eigenvalue weighted by molar-refractivity contribution is -0.118. The summed E-state index contributed by atoms with van der Waals surface area (Å²) in [4.78, 5) is 24.3. The van der Waals surface area contributed by atoms with Gasteiger partial charge in [0.15, 0.2) is 11.5 Å². The molecule has 2 heterocycles. The Balaban J connectivity index is 1.48. The first kappa shape index (κ1) is 25.5. The SMILES string of the molecule is CCC(C)C(NS(=O)(=O)c1ccc(NC(C)=O)cc1)C(=O)Nc1nnc(-c2ccc3c(c2)OCO3)s1. The van der Waals surface area contributed by atoms with Crippen molar-refractivity contribution in [3.8, 4) is 22.1 Å². The van der Waals surface area contributed by atoms with E-state index in [-0.39, 0.29) is 28.6 Å². The number of hydrogen-bond acceptors (Lipinski definition) is 9. The van der Waals surface area contributed by atoms with Gasteiger partial charge in [0.1, 0.15) is 11.0 Å². The number of carbonyl (C=O) groups excluding carboxylic acids is 2. The highest BCUT2D eigenvalue weighted by Gasteiger charge is 2.30. The minimum Gasteiger partial charge on any atom is -0.454 e. The van der Waals surface area contributed by atoms with Crippen molar-refractivity contribution in [2.24, 2.45) is 5.92 Å². The van der Waals surface area contributed by atoms with E-state index in [2.05, 4.69) is 25.6 Å². The normalized spacial score (nSPS) is 14.2. The number of aromatic nitrogens is 2. The summed E-state index contributed by atoms with van der Waals surface area (Å²) >= 11 is 1.15. The van der Waals surface area contributed by atoms with Crippen molar-refractivity contribution in [2.45, 2.75) is 38.1 Å². The molecule has 0 saturated heterocycles. The van der Waals surface area contributed by atoms with E-state index in [1.807, 2.05) is 13.0 Å². The maximum atomic E-state index is 13.1. The maximum Gasteiger partial charge on any atom is 0.244 e. The molecule has 0 spiro atoms. The fraction of sp³-hybridized carbons (Fsp3) is 0.304. The van der Waals surface area contributed by atoms with Crippen LogP contribution < -0.4 is 24.8 Å². The van der Waals surface area contributed by atoms with Crippen LogP contribution in [0.15, 0.2) is 47.4 Å². The third-order valence-corrected chi connectivity index (χ3v) is 7.88. The first-order chi connectivity index (χ1) is 17.2. The number of nitrogens with zero attached hydrogens (tertiary/aromatic N) is 2. The fourth-order valence-corrected chi connectivity index (χ4v) is 5.47. The van der Waals surface area contributed by atoms with Crippen molar-refractivity contribution in [3.05, 3.63) is 42.5 Å². The van der Waals surface area contributed by atoms with Gasteiger partial charge in [0.25, 0.3) is 0 Å². The molecule has 2 unspecified atom stereocenters. The molecule has 2 atom stereocenters. The van der Waals surface area contributed by atoms with Crippen LogP contribution in [0.25, 0.3) is 10.6 Å². The molecule has 3 aromatic rings. The number of carbonyl (C=O) groups is 2. The second-order valence-electron chi connectivity index (χ2n) is 8.16. The van der Waals surface area contributed by atoms with Gasteiger partial charge in [0, 0.05) is 18.2 Å². The quantitative estimate of drug-likeness (QED) is 0.381. The van der Waals surface area contributed by atoms with Gasteiger partial charge in [-0.2, -0.15) is 4.72 Å². The molecule has 1 aliphatic rings. The van der Waals surface area contributed by atoms with Crippen LogP contribution in [-0.4, -0.2) is 43.3 Å². The summed E-state index contributed by atoms with van der Waals surface area (Å²) in [5, 5.41) is 14.2. The van der Waals surface area contributed by atoms with Crippen molar-refractivity contribution >= 4 is 44.0 Å². The fourth-order valence-electron chi connectivity index (χ4n) is 3.42. The van der Waals surface area contributed by atoms with Crippen molar-refractivity contribution in [1.29, 1.82) is 0 Å². The third kappa shape index (κ3) is 5.80. The number of anilines is 2. The van der Waals surface area contributed by atoms with Crippen LogP contribution in [0.5, 0.6) is 11.5 Å². The Labute approximate surface area is 212 Å². The lowest BCUT2D eigenvalue weighted by Crippen LogP contribution is -2.47. The predicted molar refractivity (Wildman–Crippen MR) is 134 cm³/mol. The number of rotatable bonds is 9. The molecule has 0 radical (unpaired) electrons.